The zero-order valence-corrected chi connectivity index (χ0v) is 13.6. The van der Waals surface area contributed by atoms with E-state index < -0.39 is 0 Å². The zero-order valence-electron chi connectivity index (χ0n) is 12.8. The second kappa shape index (κ2) is 7.88. The van der Waals surface area contributed by atoms with Crippen molar-refractivity contribution in [3.05, 3.63) is 16.4 Å². The molecule has 1 N–H and O–H groups in total. The van der Waals surface area contributed by atoms with E-state index in [9.17, 15) is 0 Å². The smallest absolute Gasteiger partial charge is 0.131 e. The van der Waals surface area contributed by atoms with Gasteiger partial charge in [-0.2, -0.15) is 5.10 Å². The summed E-state index contributed by atoms with van der Waals surface area (Å²) in [6.07, 6.45) is 2.41. The van der Waals surface area contributed by atoms with E-state index >= 15 is 0 Å². The number of nitrogens with zero attached hydrogens (tertiary/aromatic N) is 3. The Hall–Kier alpha value is -0.580. The highest BCUT2D eigenvalue weighted by molar-refractivity contribution is 6.30. The van der Waals surface area contributed by atoms with Crippen LogP contribution in [-0.2, 0) is 13.6 Å². The molecule has 1 heterocycles. The van der Waals surface area contributed by atoms with Crippen LogP contribution in [0.5, 0.6) is 0 Å². The first kappa shape index (κ1) is 16.5. The minimum absolute atomic E-state index is 0.629. The van der Waals surface area contributed by atoms with Crippen molar-refractivity contribution in [2.75, 3.05) is 20.1 Å². The molecule has 0 amide bonds. The number of nitrogens with one attached hydrogen (secondary N) is 1. The Bertz CT molecular complexity index is 387. The maximum absolute atomic E-state index is 6.18. The van der Waals surface area contributed by atoms with Gasteiger partial charge in [-0.3, -0.25) is 4.68 Å². The lowest BCUT2D eigenvalue weighted by molar-refractivity contribution is 0.268. The Morgan fingerprint density at radius 2 is 2.05 bits per heavy atom. The van der Waals surface area contributed by atoms with Crippen LogP contribution in [0.2, 0.25) is 5.15 Å². The van der Waals surface area contributed by atoms with E-state index in [0.29, 0.717) is 6.04 Å². The molecule has 0 radical (unpaired) electrons. The van der Waals surface area contributed by atoms with Gasteiger partial charge in [0.05, 0.1) is 5.69 Å². The predicted octanol–water partition coefficient (Wildman–Crippen LogP) is 2.59. The van der Waals surface area contributed by atoms with Crippen molar-refractivity contribution in [1.29, 1.82) is 0 Å². The molecule has 0 unspecified atom stereocenters. The molecule has 110 valence electrons. The molecule has 0 spiro atoms. The molecule has 4 nitrogen and oxygen atoms in total. The summed E-state index contributed by atoms with van der Waals surface area (Å²) in [7, 11) is 4.05. The quantitative estimate of drug-likeness (QED) is 0.746. The van der Waals surface area contributed by atoms with Crippen LogP contribution in [0.4, 0.5) is 0 Å². The molecular formula is C14H27ClN4. The molecule has 19 heavy (non-hydrogen) atoms. The Kier molecular flexibility index (Phi) is 6.83. The van der Waals surface area contributed by atoms with Gasteiger partial charge in [-0.1, -0.05) is 11.6 Å². The van der Waals surface area contributed by atoms with Gasteiger partial charge in [-0.15, -0.1) is 0 Å². The number of hydrogen-bond acceptors (Lipinski definition) is 3. The summed E-state index contributed by atoms with van der Waals surface area (Å²) in [5.74, 6) is 0. The van der Waals surface area contributed by atoms with Crippen molar-refractivity contribution in [2.45, 2.75) is 46.2 Å². The fourth-order valence-electron chi connectivity index (χ4n) is 1.96. The van der Waals surface area contributed by atoms with E-state index in [1.54, 1.807) is 4.68 Å². The van der Waals surface area contributed by atoms with Crippen LogP contribution < -0.4 is 5.32 Å². The van der Waals surface area contributed by atoms with Gasteiger partial charge in [0.2, 0.25) is 0 Å². The molecule has 0 fully saturated rings. The number of unbranched alkanes of at least 4 members (excludes halogenated alkanes) is 1. The standard InChI is InChI=1S/C14H27ClN4/c1-11(2)18(4)9-7-6-8-16-10-13-12(3)17-19(5)14(13)15/h11,16H,6-10H2,1-5H3. The molecule has 0 aliphatic heterocycles. The summed E-state index contributed by atoms with van der Waals surface area (Å²) >= 11 is 6.18. The summed E-state index contributed by atoms with van der Waals surface area (Å²) in [5.41, 5.74) is 2.13. The average Bonchev–Trinajstić information content (AvgIpc) is 2.58. The second-order valence-electron chi connectivity index (χ2n) is 5.44. The third-order valence-electron chi connectivity index (χ3n) is 3.57. The molecule has 1 aromatic heterocycles. The van der Waals surface area contributed by atoms with Gasteiger partial charge in [-0.05, 0) is 53.8 Å². The van der Waals surface area contributed by atoms with Gasteiger partial charge in [-0.25, -0.2) is 0 Å². The van der Waals surface area contributed by atoms with Gasteiger partial charge in [0, 0.05) is 25.2 Å². The van der Waals surface area contributed by atoms with Crippen molar-refractivity contribution in [3.8, 4) is 0 Å². The molecule has 0 bridgehead atoms. The first-order valence-electron chi connectivity index (χ1n) is 7.02. The second-order valence-corrected chi connectivity index (χ2v) is 5.79. The number of aryl methyl sites for hydroxylation is 2. The van der Waals surface area contributed by atoms with Crippen LogP contribution in [0.3, 0.4) is 0 Å². The molecule has 0 saturated heterocycles. The van der Waals surface area contributed by atoms with Gasteiger partial charge >= 0.3 is 0 Å². The maximum atomic E-state index is 6.18. The van der Waals surface area contributed by atoms with Crippen molar-refractivity contribution >= 4 is 11.6 Å². The van der Waals surface area contributed by atoms with Crippen molar-refractivity contribution < 1.29 is 0 Å². The van der Waals surface area contributed by atoms with Crippen LogP contribution in [0, 0.1) is 6.92 Å². The van der Waals surface area contributed by atoms with Crippen molar-refractivity contribution in [2.24, 2.45) is 7.05 Å². The summed E-state index contributed by atoms with van der Waals surface area (Å²) in [4.78, 5) is 2.38. The third-order valence-corrected chi connectivity index (χ3v) is 4.04. The lowest BCUT2D eigenvalue weighted by Crippen LogP contribution is -2.27. The lowest BCUT2D eigenvalue weighted by Gasteiger charge is -2.20. The Morgan fingerprint density at radius 1 is 1.37 bits per heavy atom. The van der Waals surface area contributed by atoms with Crippen molar-refractivity contribution in [1.82, 2.24) is 20.0 Å². The normalized spacial score (nSPS) is 11.8. The molecule has 5 heteroatoms. The first-order valence-corrected chi connectivity index (χ1v) is 7.40. The molecule has 0 atom stereocenters. The molecule has 1 aromatic rings. The first-order chi connectivity index (χ1) is 8.93. The van der Waals surface area contributed by atoms with Crippen LogP contribution in [0.25, 0.3) is 0 Å². The Labute approximate surface area is 122 Å². The summed E-state index contributed by atoms with van der Waals surface area (Å²) < 4.78 is 1.73. The lowest BCUT2D eigenvalue weighted by atomic mass is 10.2. The van der Waals surface area contributed by atoms with Gasteiger partial charge < -0.3 is 10.2 Å². The highest BCUT2D eigenvalue weighted by atomic mass is 35.5. The number of aromatic nitrogens is 2. The maximum Gasteiger partial charge on any atom is 0.131 e. The summed E-state index contributed by atoms with van der Waals surface area (Å²) in [5, 5.41) is 8.49. The van der Waals surface area contributed by atoms with Crippen LogP contribution in [0.1, 0.15) is 37.9 Å². The highest BCUT2D eigenvalue weighted by Gasteiger charge is 2.10. The topological polar surface area (TPSA) is 33.1 Å². The molecule has 0 aromatic carbocycles. The monoisotopic (exact) mass is 286 g/mol. The summed E-state index contributed by atoms with van der Waals surface area (Å²) in [6.45, 7) is 9.44. The average molecular weight is 287 g/mol. The van der Waals surface area contributed by atoms with Crippen LogP contribution in [-0.4, -0.2) is 40.9 Å². The molecule has 0 aliphatic rings. The van der Waals surface area contributed by atoms with E-state index in [-0.39, 0.29) is 0 Å². The van der Waals surface area contributed by atoms with E-state index in [4.69, 9.17) is 11.6 Å². The molecule has 1 rings (SSSR count). The number of rotatable bonds is 8. The van der Waals surface area contributed by atoms with Gasteiger partial charge in [0.1, 0.15) is 5.15 Å². The SMILES string of the molecule is Cc1nn(C)c(Cl)c1CNCCCCN(C)C(C)C. The van der Waals surface area contributed by atoms with Gasteiger partial charge in [0.15, 0.2) is 0 Å². The number of halogens is 1. The minimum atomic E-state index is 0.629. The van der Waals surface area contributed by atoms with Crippen molar-refractivity contribution in [3.63, 3.8) is 0 Å². The fraction of sp³-hybridized carbons (Fsp3) is 0.786. The zero-order chi connectivity index (χ0) is 14.4. The van der Waals surface area contributed by atoms with Crippen LogP contribution in [0.15, 0.2) is 0 Å². The van der Waals surface area contributed by atoms with E-state index in [1.807, 2.05) is 14.0 Å². The van der Waals surface area contributed by atoms with Crippen LogP contribution >= 0.6 is 11.6 Å². The van der Waals surface area contributed by atoms with E-state index in [0.717, 1.165) is 36.0 Å². The Morgan fingerprint density at radius 3 is 2.58 bits per heavy atom. The third kappa shape index (κ3) is 5.13. The molecule has 0 aliphatic carbocycles. The van der Waals surface area contributed by atoms with E-state index in [2.05, 4.69) is 36.2 Å². The molecule has 0 saturated carbocycles. The molecular weight excluding hydrogens is 260 g/mol. The largest absolute Gasteiger partial charge is 0.312 e. The predicted molar refractivity (Wildman–Crippen MR) is 81.7 cm³/mol. The Balaban J connectivity index is 2.18. The van der Waals surface area contributed by atoms with Gasteiger partial charge in [0.25, 0.3) is 0 Å². The highest BCUT2D eigenvalue weighted by Crippen LogP contribution is 2.17. The van der Waals surface area contributed by atoms with E-state index in [1.165, 1.54) is 12.8 Å². The minimum Gasteiger partial charge on any atom is -0.312 e. The summed E-state index contributed by atoms with van der Waals surface area (Å²) in [6, 6.07) is 0.629. The fourth-order valence-corrected chi connectivity index (χ4v) is 2.20. The number of hydrogen-bond donors (Lipinski definition) is 1.